The van der Waals surface area contributed by atoms with Crippen molar-refractivity contribution >= 4 is 0 Å². The zero-order valence-electron chi connectivity index (χ0n) is 9.98. The Bertz CT molecular complexity index is 159. The molecule has 0 fully saturated rings. The van der Waals surface area contributed by atoms with Gasteiger partial charge in [0.05, 0.1) is 6.26 Å². The molecule has 1 rings (SSSR count). The maximum atomic E-state index is 4.96. The van der Waals surface area contributed by atoms with E-state index < -0.39 is 0 Å². The maximum Gasteiger partial charge on any atom is 0.100 e. The van der Waals surface area contributed by atoms with Crippen LogP contribution in [0.2, 0.25) is 0 Å². The normalized spacial score (nSPS) is 7.85. The SMILES string of the molecule is CCC.CCC.Cc1coc(C)c1. The van der Waals surface area contributed by atoms with Crippen molar-refractivity contribution < 1.29 is 4.42 Å². The highest BCUT2D eigenvalue weighted by molar-refractivity contribution is 5.08. The molecule has 0 spiro atoms. The summed E-state index contributed by atoms with van der Waals surface area (Å²) in [6, 6.07) is 2.00. The van der Waals surface area contributed by atoms with Gasteiger partial charge in [-0.15, -0.1) is 0 Å². The topological polar surface area (TPSA) is 13.1 Å². The highest BCUT2D eigenvalue weighted by Crippen LogP contribution is 2.02. The summed E-state index contributed by atoms with van der Waals surface area (Å²) in [4.78, 5) is 0. The van der Waals surface area contributed by atoms with Gasteiger partial charge in [0, 0.05) is 0 Å². The van der Waals surface area contributed by atoms with Crippen LogP contribution in [-0.2, 0) is 0 Å². The molecule has 0 bridgehead atoms. The van der Waals surface area contributed by atoms with E-state index in [9.17, 15) is 0 Å². The lowest BCUT2D eigenvalue weighted by atomic mass is 10.4. The zero-order chi connectivity index (χ0) is 10.7. The lowest BCUT2D eigenvalue weighted by Gasteiger charge is -1.69. The predicted octanol–water partition coefficient (Wildman–Crippen LogP) is 4.73. The maximum absolute atomic E-state index is 4.96. The number of furan rings is 1. The van der Waals surface area contributed by atoms with Crippen LogP contribution in [-0.4, -0.2) is 0 Å². The van der Waals surface area contributed by atoms with E-state index in [4.69, 9.17) is 4.42 Å². The van der Waals surface area contributed by atoms with Crippen molar-refractivity contribution in [3.05, 3.63) is 23.7 Å². The van der Waals surface area contributed by atoms with Crippen LogP contribution < -0.4 is 0 Å². The van der Waals surface area contributed by atoms with E-state index in [0.29, 0.717) is 0 Å². The van der Waals surface area contributed by atoms with E-state index in [-0.39, 0.29) is 0 Å². The van der Waals surface area contributed by atoms with Crippen LogP contribution in [0, 0.1) is 13.8 Å². The minimum absolute atomic E-state index is 0.984. The van der Waals surface area contributed by atoms with Gasteiger partial charge in [0.2, 0.25) is 0 Å². The Morgan fingerprint density at radius 1 is 1.00 bits per heavy atom. The van der Waals surface area contributed by atoms with Crippen molar-refractivity contribution in [3.8, 4) is 0 Å². The molecule has 0 saturated heterocycles. The second-order valence-corrected chi connectivity index (χ2v) is 3.15. The molecule has 13 heavy (non-hydrogen) atoms. The summed E-state index contributed by atoms with van der Waals surface area (Å²) in [6.07, 6.45) is 4.25. The molecule has 0 radical (unpaired) electrons. The van der Waals surface area contributed by atoms with Crippen LogP contribution in [0.3, 0.4) is 0 Å². The van der Waals surface area contributed by atoms with Crippen molar-refractivity contribution in [2.45, 2.75) is 54.4 Å². The fourth-order valence-corrected chi connectivity index (χ4v) is 0.575. The van der Waals surface area contributed by atoms with Gasteiger partial charge < -0.3 is 4.42 Å². The fourth-order valence-electron chi connectivity index (χ4n) is 0.575. The molecule has 0 aromatic carbocycles. The third-order valence-corrected chi connectivity index (χ3v) is 0.862. The molecule has 0 N–H and O–H groups in total. The molecule has 0 aliphatic heterocycles. The van der Waals surface area contributed by atoms with Gasteiger partial charge in [-0.3, -0.25) is 0 Å². The van der Waals surface area contributed by atoms with Crippen molar-refractivity contribution in [1.29, 1.82) is 0 Å². The largest absolute Gasteiger partial charge is 0.469 e. The lowest BCUT2D eigenvalue weighted by molar-refractivity contribution is 0.533. The van der Waals surface area contributed by atoms with Gasteiger partial charge in [-0.1, -0.05) is 40.5 Å². The summed E-state index contributed by atoms with van der Waals surface area (Å²) in [6.45, 7) is 12.4. The Kier molecular flexibility index (Phi) is 12.8. The summed E-state index contributed by atoms with van der Waals surface area (Å²) < 4.78 is 4.96. The molecule has 0 aliphatic rings. The quantitative estimate of drug-likeness (QED) is 0.568. The minimum Gasteiger partial charge on any atom is -0.469 e. The molecule has 1 heteroatoms. The van der Waals surface area contributed by atoms with Gasteiger partial charge in [0.1, 0.15) is 5.76 Å². The van der Waals surface area contributed by atoms with Crippen LogP contribution in [0.4, 0.5) is 0 Å². The predicted molar refractivity (Wildman–Crippen MR) is 60.1 cm³/mol. The number of hydrogen-bond donors (Lipinski definition) is 0. The average Bonchev–Trinajstić information content (AvgIpc) is 2.38. The fraction of sp³-hybridized carbons (Fsp3) is 0.667. The Morgan fingerprint density at radius 2 is 1.38 bits per heavy atom. The summed E-state index contributed by atoms with van der Waals surface area (Å²) in [5, 5.41) is 0. The second kappa shape index (κ2) is 11.3. The first-order valence-electron chi connectivity index (χ1n) is 5.13. The Hall–Kier alpha value is -0.720. The molecule has 1 nitrogen and oxygen atoms in total. The molecule has 0 atom stereocenters. The Balaban J connectivity index is 0. The van der Waals surface area contributed by atoms with E-state index >= 15 is 0 Å². The third-order valence-electron chi connectivity index (χ3n) is 0.862. The number of rotatable bonds is 0. The molecule has 78 valence electrons. The molecule has 1 heterocycles. The van der Waals surface area contributed by atoms with Gasteiger partial charge >= 0.3 is 0 Å². The first kappa shape index (κ1) is 14.8. The van der Waals surface area contributed by atoms with Gasteiger partial charge in [-0.25, -0.2) is 0 Å². The summed E-state index contributed by atoms with van der Waals surface area (Å²) in [5.41, 5.74) is 1.19. The first-order chi connectivity index (χ1) is 6.12. The lowest BCUT2D eigenvalue weighted by Crippen LogP contribution is -1.53. The number of hydrogen-bond acceptors (Lipinski definition) is 1. The Morgan fingerprint density at radius 3 is 1.46 bits per heavy atom. The van der Waals surface area contributed by atoms with Crippen molar-refractivity contribution in [2.24, 2.45) is 0 Å². The van der Waals surface area contributed by atoms with Crippen molar-refractivity contribution in [1.82, 2.24) is 0 Å². The highest BCUT2D eigenvalue weighted by Gasteiger charge is 1.85. The van der Waals surface area contributed by atoms with Crippen LogP contribution in [0.1, 0.15) is 51.9 Å². The zero-order valence-corrected chi connectivity index (χ0v) is 9.98. The molecule has 0 unspecified atom stereocenters. The number of aryl methyl sites for hydroxylation is 2. The standard InChI is InChI=1S/C6H8O.2C3H8/c1-5-3-6(2)7-4-5;2*1-3-2/h3-4H,1-2H3;2*3H2,1-2H3. The van der Waals surface area contributed by atoms with E-state index in [1.807, 2.05) is 19.9 Å². The molecular formula is C12H24O. The van der Waals surface area contributed by atoms with Crippen LogP contribution >= 0.6 is 0 Å². The summed E-state index contributed by atoms with van der Waals surface area (Å²) >= 11 is 0. The van der Waals surface area contributed by atoms with Crippen LogP contribution in [0.15, 0.2) is 16.7 Å². The van der Waals surface area contributed by atoms with Gasteiger partial charge in [0.15, 0.2) is 0 Å². The van der Waals surface area contributed by atoms with E-state index in [0.717, 1.165) is 5.76 Å². The molecular weight excluding hydrogens is 160 g/mol. The third kappa shape index (κ3) is 14.2. The first-order valence-corrected chi connectivity index (χ1v) is 5.13. The van der Waals surface area contributed by atoms with Gasteiger partial charge in [0.25, 0.3) is 0 Å². The molecule has 0 amide bonds. The van der Waals surface area contributed by atoms with Gasteiger partial charge in [-0.05, 0) is 25.5 Å². The minimum atomic E-state index is 0.984. The summed E-state index contributed by atoms with van der Waals surface area (Å²) in [5.74, 6) is 0.984. The summed E-state index contributed by atoms with van der Waals surface area (Å²) in [7, 11) is 0. The highest BCUT2D eigenvalue weighted by atomic mass is 16.3. The average molecular weight is 184 g/mol. The van der Waals surface area contributed by atoms with Crippen molar-refractivity contribution in [3.63, 3.8) is 0 Å². The molecule has 0 saturated carbocycles. The van der Waals surface area contributed by atoms with Gasteiger partial charge in [-0.2, -0.15) is 0 Å². The van der Waals surface area contributed by atoms with E-state index in [1.165, 1.54) is 18.4 Å². The van der Waals surface area contributed by atoms with E-state index in [2.05, 4.69) is 27.7 Å². The van der Waals surface area contributed by atoms with E-state index in [1.54, 1.807) is 6.26 Å². The Labute approximate surface area is 83.2 Å². The smallest absolute Gasteiger partial charge is 0.100 e. The monoisotopic (exact) mass is 184 g/mol. The van der Waals surface area contributed by atoms with Crippen LogP contribution in [0.5, 0.6) is 0 Å². The molecule has 0 aliphatic carbocycles. The van der Waals surface area contributed by atoms with Crippen LogP contribution in [0.25, 0.3) is 0 Å². The van der Waals surface area contributed by atoms with Crippen molar-refractivity contribution in [2.75, 3.05) is 0 Å². The molecule has 1 aromatic rings. The molecule has 1 aromatic heterocycles. The second-order valence-electron chi connectivity index (χ2n) is 3.15.